The van der Waals surface area contributed by atoms with Crippen LogP contribution in [-0.2, 0) is 6.54 Å². The molecule has 4 rings (SSSR count). The van der Waals surface area contributed by atoms with E-state index >= 15 is 0 Å². The topological polar surface area (TPSA) is 82.5 Å². The van der Waals surface area contributed by atoms with E-state index in [1.165, 1.54) is 18.2 Å². The Hall–Kier alpha value is -2.78. The molecule has 142 valence electrons. The minimum absolute atomic E-state index is 0.0194. The molecule has 1 aromatic carbocycles. The first-order valence-corrected chi connectivity index (χ1v) is 9.28. The minimum atomic E-state index is -0.633. The van der Waals surface area contributed by atoms with Crippen molar-refractivity contribution in [1.82, 2.24) is 29.9 Å². The fourth-order valence-corrected chi connectivity index (χ4v) is 3.24. The summed E-state index contributed by atoms with van der Waals surface area (Å²) in [6.45, 7) is 2.58. The van der Waals surface area contributed by atoms with Crippen LogP contribution in [0.4, 0.5) is 4.39 Å². The maximum atomic E-state index is 14.1. The normalized spacial score (nSPS) is 12.3. The maximum Gasteiger partial charge on any atom is 0.250 e. The first-order valence-electron chi connectivity index (χ1n) is 8.39. The molecule has 0 saturated carbocycles. The molecule has 3 aromatic heterocycles. The lowest BCUT2D eigenvalue weighted by Crippen LogP contribution is -2.07. The molecule has 0 spiro atoms. The van der Waals surface area contributed by atoms with Crippen molar-refractivity contribution in [2.45, 2.75) is 18.7 Å². The van der Waals surface area contributed by atoms with Crippen molar-refractivity contribution >= 4 is 24.2 Å². The number of aromatic nitrogens is 6. The summed E-state index contributed by atoms with van der Waals surface area (Å²) < 4.78 is 21.6. The Labute approximate surface area is 170 Å². The van der Waals surface area contributed by atoms with Gasteiger partial charge in [-0.05, 0) is 37.3 Å². The lowest BCUT2D eigenvalue weighted by Gasteiger charge is -2.10. The highest BCUT2D eigenvalue weighted by Gasteiger charge is 2.25. The second-order valence-electron chi connectivity index (χ2n) is 5.83. The Balaban J connectivity index is 1.69. The zero-order valence-electron chi connectivity index (χ0n) is 14.6. The largest absolute Gasteiger partial charge is 0.419 e. The zero-order valence-corrected chi connectivity index (χ0v) is 16.3. The van der Waals surface area contributed by atoms with E-state index in [9.17, 15) is 4.39 Å². The van der Waals surface area contributed by atoms with Crippen molar-refractivity contribution in [3.8, 4) is 22.8 Å². The van der Waals surface area contributed by atoms with Gasteiger partial charge in [0.1, 0.15) is 11.1 Å². The molecule has 7 nitrogen and oxygen atoms in total. The van der Waals surface area contributed by atoms with Gasteiger partial charge in [0.05, 0.1) is 5.56 Å². The molecule has 0 aliphatic carbocycles. The fourth-order valence-electron chi connectivity index (χ4n) is 2.77. The third-order valence-electron chi connectivity index (χ3n) is 4.11. The van der Waals surface area contributed by atoms with Gasteiger partial charge in [-0.3, -0.25) is 4.98 Å². The molecule has 0 bridgehead atoms. The second kappa shape index (κ2) is 7.69. The average molecular weight is 417 g/mol. The van der Waals surface area contributed by atoms with Crippen LogP contribution in [0.5, 0.6) is 0 Å². The van der Waals surface area contributed by atoms with Crippen molar-refractivity contribution in [1.29, 1.82) is 0 Å². The predicted octanol–water partition coefficient (Wildman–Crippen LogP) is 4.22. The molecule has 0 aliphatic rings. The van der Waals surface area contributed by atoms with Crippen LogP contribution in [0.15, 0.2) is 47.1 Å². The molecule has 0 aliphatic heterocycles. The summed E-state index contributed by atoms with van der Waals surface area (Å²) in [4.78, 5) is 4.01. The van der Waals surface area contributed by atoms with Crippen molar-refractivity contribution < 1.29 is 8.81 Å². The first-order chi connectivity index (χ1) is 13.6. The van der Waals surface area contributed by atoms with Gasteiger partial charge in [-0.2, -0.15) is 12.6 Å². The SMILES string of the molecule is CCn1c(-c2ccncc2)nnc1C(S)c1nnc(-c2cc(Cl)ccc2F)o1. The van der Waals surface area contributed by atoms with Gasteiger partial charge in [-0.1, -0.05) is 11.6 Å². The monoisotopic (exact) mass is 416 g/mol. The Morgan fingerprint density at radius 1 is 1.14 bits per heavy atom. The van der Waals surface area contributed by atoms with Crippen LogP contribution >= 0.6 is 24.2 Å². The third kappa shape index (κ3) is 3.38. The number of hydrogen-bond donors (Lipinski definition) is 1. The minimum Gasteiger partial charge on any atom is -0.419 e. The van der Waals surface area contributed by atoms with Gasteiger partial charge in [0.25, 0.3) is 5.89 Å². The molecule has 1 unspecified atom stereocenters. The van der Waals surface area contributed by atoms with Gasteiger partial charge in [0.2, 0.25) is 5.89 Å². The van der Waals surface area contributed by atoms with Crippen LogP contribution in [0.25, 0.3) is 22.8 Å². The summed E-state index contributed by atoms with van der Waals surface area (Å²) in [5, 5.41) is 16.2. The molecule has 0 N–H and O–H groups in total. The van der Waals surface area contributed by atoms with Crippen LogP contribution in [0.2, 0.25) is 5.02 Å². The van der Waals surface area contributed by atoms with E-state index < -0.39 is 11.1 Å². The summed E-state index contributed by atoms with van der Waals surface area (Å²) in [5.74, 6) is 0.915. The van der Waals surface area contributed by atoms with Gasteiger partial charge in [0.15, 0.2) is 11.6 Å². The highest BCUT2D eigenvalue weighted by atomic mass is 35.5. The van der Waals surface area contributed by atoms with Crippen molar-refractivity contribution in [2.24, 2.45) is 0 Å². The standard InChI is InChI=1S/C18H14ClFN6OS/c1-2-26-15(10-5-7-21-8-6-10)22-23-16(26)14(28)18-25-24-17(27-18)12-9-11(19)3-4-13(12)20/h3-9,14,28H,2H2,1H3. The fraction of sp³-hybridized carbons (Fsp3) is 0.167. The van der Waals surface area contributed by atoms with E-state index in [4.69, 9.17) is 16.0 Å². The molecule has 0 saturated heterocycles. The lowest BCUT2D eigenvalue weighted by molar-refractivity contribution is 0.501. The summed E-state index contributed by atoms with van der Waals surface area (Å²) in [7, 11) is 0. The Kier molecular flexibility index (Phi) is 5.10. The van der Waals surface area contributed by atoms with E-state index in [1.807, 2.05) is 23.6 Å². The molecular formula is C18H14ClFN6OS. The Morgan fingerprint density at radius 3 is 2.68 bits per heavy atom. The Morgan fingerprint density at radius 2 is 1.93 bits per heavy atom. The number of pyridine rings is 1. The highest BCUT2D eigenvalue weighted by molar-refractivity contribution is 7.80. The predicted molar refractivity (Wildman–Crippen MR) is 104 cm³/mol. The number of rotatable bonds is 5. The first kappa shape index (κ1) is 18.6. The van der Waals surface area contributed by atoms with Crippen molar-refractivity contribution in [3.63, 3.8) is 0 Å². The maximum absolute atomic E-state index is 14.1. The van der Waals surface area contributed by atoms with Gasteiger partial charge in [0, 0.05) is 29.5 Å². The van der Waals surface area contributed by atoms with Crippen molar-refractivity contribution in [3.05, 3.63) is 65.3 Å². The summed E-state index contributed by atoms with van der Waals surface area (Å²) in [5.41, 5.74) is 1.00. The van der Waals surface area contributed by atoms with E-state index in [2.05, 4.69) is 38.0 Å². The van der Waals surface area contributed by atoms with E-state index in [-0.39, 0.29) is 17.3 Å². The molecule has 4 aromatic rings. The number of nitrogens with zero attached hydrogens (tertiary/aromatic N) is 6. The third-order valence-corrected chi connectivity index (χ3v) is 4.80. The van der Waals surface area contributed by atoms with Crippen LogP contribution < -0.4 is 0 Å². The number of benzene rings is 1. The number of halogens is 2. The molecule has 0 amide bonds. The molecule has 28 heavy (non-hydrogen) atoms. The quantitative estimate of drug-likeness (QED) is 0.490. The summed E-state index contributed by atoms with van der Waals surface area (Å²) in [6, 6.07) is 7.82. The number of thiol groups is 1. The van der Waals surface area contributed by atoms with E-state index in [0.717, 1.165) is 5.56 Å². The average Bonchev–Trinajstić information content (AvgIpc) is 3.37. The zero-order chi connectivity index (χ0) is 19.7. The summed E-state index contributed by atoms with van der Waals surface area (Å²) >= 11 is 10.5. The molecule has 0 radical (unpaired) electrons. The van der Waals surface area contributed by atoms with Crippen LogP contribution in [0.3, 0.4) is 0 Å². The van der Waals surface area contributed by atoms with Crippen LogP contribution in [0.1, 0.15) is 23.9 Å². The highest BCUT2D eigenvalue weighted by Crippen LogP contribution is 2.32. The van der Waals surface area contributed by atoms with E-state index in [1.54, 1.807) is 12.4 Å². The smallest absolute Gasteiger partial charge is 0.250 e. The van der Waals surface area contributed by atoms with Gasteiger partial charge in [-0.15, -0.1) is 20.4 Å². The van der Waals surface area contributed by atoms with Crippen LogP contribution in [0, 0.1) is 5.82 Å². The van der Waals surface area contributed by atoms with Gasteiger partial charge < -0.3 is 8.98 Å². The Bertz CT molecular complexity index is 1120. The van der Waals surface area contributed by atoms with Gasteiger partial charge >= 0.3 is 0 Å². The van der Waals surface area contributed by atoms with Gasteiger partial charge in [-0.25, -0.2) is 4.39 Å². The molecule has 1 atom stereocenters. The molecule has 0 fully saturated rings. The van der Waals surface area contributed by atoms with Crippen LogP contribution in [-0.4, -0.2) is 29.9 Å². The van der Waals surface area contributed by atoms with Crippen molar-refractivity contribution in [2.75, 3.05) is 0 Å². The molecular weight excluding hydrogens is 403 g/mol. The lowest BCUT2D eigenvalue weighted by atomic mass is 10.2. The molecule has 10 heteroatoms. The second-order valence-corrected chi connectivity index (χ2v) is 6.79. The summed E-state index contributed by atoms with van der Waals surface area (Å²) in [6.07, 6.45) is 3.37. The van der Waals surface area contributed by atoms with E-state index in [0.29, 0.717) is 23.2 Å². The number of hydrogen-bond acceptors (Lipinski definition) is 7. The molecule has 3 heterocycles.